The quantitative estimate of drug-likeness (QED) is 0.928. The Morgan fingerprint density at radius 1 is 1.08 bits per heavy atom. The maximum atomic E-state index is 13.9. The molecule has 4 nitrogen and oxygen atoms in total. The second-order valence-corrected chi connectivity index (χ2v) is 6.58. The lowest BCUT2D eigenvalue weighted by Crippen LogP contribution is -2.48. The number of carbonyl (C=O) groups is 1. The minimum absolute atomic E-state index is 0.00806. The van der Waals surface area contributed by atoms with Gasteiger partial charge in [0.05, 0.1) is 12.2 Å². The van der Waals surface area contributed by atoms with Crippen molar-refractivity contribution in [1.29, 1.82) is 0 Å². The summed E-state index contributed by atoms with van der Waals surface area (Å²) in [5.74, 6) is -0.199. The highest BCUT2D eigenvalue weighted by Crippen LogP contribution is 2.20. The molecular weight excluding hydrogens is 317 g/mol. The second-order valence-electron chi connectivity index (χ2n) is 6.58. The Kier molecular flexibility index (Phi) is 5.34. The zero-order valence-corrected chi connectivity index (χ0v) is 14.8. The number of carbonyl (C=O) groups excluding carboxylic acids is 1. The molecule has 0 spiro atoms. The Bertz CT molecular complexity index is 754. The van der Waals surface area contributed by atoms with Crippen molar-refractivity contribution in [3.63, 3.8) is 0 Å². The minimum Gasteiger partial charge on any atom is -0.367 e. The van der Waals surface area contributed by atoms with Crippen LogP contribution in [0.5, 0.6) is 0 Å². The van der Waals surface area contributed by atoms with Gasteiger partial charge in [0.1, 0.15) is 5.82 Å². The van der Waals surface area contributed by atoms with Gasteiger partial charge in [0.2, 0.25) is 5.91 Å². The summed E-state index contributed by atoms with van der Waals surface area (Å²) in [6.45, 7) is 7.32. The first-order chi connectivity index (χ1) is 12.0. The lowest BCUT2D eigenvalue weighted by Gasteiger charge is -2.35. The summed E-state index contributed by atoms with van der Waals surface area (Å²) in [5.41, 5.74) is 3.75. The number of amides is 1. The van der Waals surface area contributed by atoms with E-state index in [1.165, 1.54) is 11.6 Å². The maximum absolute atomic E-state index is 13.9. The molecule has 132 valence electrons. The highest BCUT2D eigenvalue weighted by atomic mass is 19.1. The molecule has 0 unspecified atom stereocenters. The van der Waals surface area contributed by atoms with Crippen LogP contribution in [0, 0.1) is 19.7 Å². The molecule has 0 radical (unpaired) electrons. The number of rotatable bonds is 4. The number of hydrogen-bond donors (Lipinski definition) is 1. The normalized spacial score (nSPS) is 15.2. The predicted molar refractivity (Wildman–Crippen MR) is 99.6 cm³/mol. The number of benzene rings is 2. The van der Waals surface area contributed by atoms with E-state index in [0.29, 0.717) is 12.2 Å². The second kappa shape index (κ2) is 7.66. The Labute approximate surface area is 148 Å². The molecule has 1 aliphatic heterocycles. The predicted octanol–water partition coefficient (Wildman–Crippen LogP) is 3.20. The molecule has 3 rings (SSSR count). The fraction of sp³-hybridized carbons (Fsp3) is 0.350. The Morgan fingerprint density at radius 3 is 2.48 bits per heavy atom. The smallest absolute Gasteiger partial charge is 0.238 e. The van der Waals surface area contributed by atoms with Crippen molar-refractivity contribution in [2.75, 3.05) is 42.9 Å². The standard InChI is InChI=1S/C20H24FN3O/c1-15-7-8-18(16(2)13-15)22-20(25)14-23-9-11-24(12-10-23)19-6-4-3-5-17(19)21/h3-8,13H,9-12,14H2,1-2H3,(H,22,25). The lowest BCUT2D eigenvalue weighted by molar-refractivity contribution is -0.117. The van der Waals surface area contributed by atoms with Crippen LogP contribution in [0.15, 0.2) is 42.5 Å². The van der Waals surface area contributed by atoms with E-state index in [-0.39, 0.29) is 11.7 Å². The summed E-state index contributed by atoms with van der Waals surface area (Å²) in [6, 6.07) is 12.8. The Morgan fingerprint density at radius 2 is 1.80 bits per heavy atom. The van der Waals surface area contributed by atoms with Crippen molar-refractivity contribution in [2.45, 2.75) is 13.8 Å². The fourth-order valence-electron chi connectivity index (χ4n) is 3.20. The number of para-hydroxylation sites is 1. The SMILES string of the molecule is Cc1ccc(NC(=O)CN2CCN(c3ccccc3F)CC2)c(C)c1. The minimum atomic E-state index is -0.191. The molecule has 1 amide bonds. The Hall–Kier alpha value is -2.40. The molecule has 25 heavy (non-hydrogen) atoms. The van der Waals surface area contributed by atoms with E-state index in [1.807, 2.05) is 36.9 Å². The summed E-state index contributed by atoms with van der Waals surface area (Å²) in [7, 11) is 0. The molecule has 0 aromatic heterocycles. The zero-order valence-electron chi connectivity index (χ0n) is 14.8. The number of halogens is 1. The number of aryl methyl sites for hydroxylation is 2. The molecule has 5 heteroatoms. The van der Waals surface area contributed by atoms with Crippen molar-refractivity contribution in [1.82, 2.24) is 4.90 Å². The molecule has 2 aromatic carbocycles. The Balaban J connectivity index is 1.52. The van der Waals surface area contributed by atoms with Crippen LogP contribution < -0.4 is 10.2 Å². The topological polar surface area (TPSA) is 35.6 Å². The van der Waals surface area contributed by atoms with Crippen molar-refractivity contribution >= 4 is 17.3 Å². The molecule has 2 aromatic rings. The summed E-state index contributed by atoms with van der Waals surface area (Å²) in [4.78, 5) is 16.4. The average molecular weight is 341 g/mol. The summed E-state index contributed by atoms with van der Waals surface area (Å²) >= 11 is 0. The lowest BCUT2D eigenvalue weighted by atomic mass is 10.1. The summed E-state index contributed by atoms with van der Waals surface area (Å²) in [6.07, 6.45) is 0. The summed E-state index contributed by atoms with van der Waals surface area (Å²) in [5, 5.41) is 2.98. The molecule has 0 atom stereocenters. The van der Waals surface area contributed by atoms with Crippen LogP contribution in [-0.4, -0.2) is 43.5 Å². The van der Waals surface area contributed by atoms with Gasteiger partial charge in [-0.05, 0) is 37.6 Å². The van der Waals surface area contributed by atoms with Crippen LogP contribution in [0.4, 0.5) is 15.8 Å². The van der Waals surface area contributed by atoms with Crippen LogP contribution in [0.25, 0.3) is 0 Å². The first kappa shape index (κ1) is 17.4. The number of hydrogen-bond acceptors (Lipinski definition) is 3. The molecule has 1 fully saturated rings. The van der Waals surface area contributed by atoms with Gasteiger partial charge in [-0.1, -0.05) is 29.8 Å². The van der Waals surface area contributed by atoms with E-state index in [4.69, 9.17) is 0 Å². The molecule has 1 heterocycles. The van der Waals surface area contributed by atoms with Crippen molar-refractivity contribution in [3.05, 3.63) is 59.4 Å². The number of anilines is 2. The van der Waals surface area contributed by atoms with E-state index in [2.05, 4.69) is 16.3 Å². The monoisotopic (exact) mass is 341 g/mol. The zero-order chi connectivity index (χ0) is 17.8. The summed E-state index contributed by atoms with van der Waals surface area (Å²) < 4.78 is 13.9. The van der Waals surface area contributed by atoms with Gasteiger partial charge in [0.25, 0.3) is 0 Å². The van der Waals surface area contributed by atoms with E-state index < -0.39 is 0 Å². The van der Waals surface area contributed by atoms with E-state index in [0.717, 1.165) is 37.4 Å². The molecule has 1 N–H and O–H groups in total. The maximum Gasteiger partial charge on any atom is 0.238 e. The van der Waals surface area contributed by atoms with Crippen LogP contribution in [0.2, 0.25) is 0 Å². The largest absolute Gasteiger partial charge is 0.367 e. The van der Waals surface area contributed by atoms with Gasteiger partial charge in [-0.2, -0.15) is 0 Å². The van der Waals surface area contributed by atoms with Crippen LogP contribution >= 0.6 is 0 Å². The molecule has 0 bridgehead atoms. The molecule has 0 aliphatic carbocycles. The molecular formula is C20H24FN3O. The van der Waals surface area contributed by atoms with Gasteiger partial charge < -0.3 is 10.2 Å². The van der Waals surface area contributed by atoms with Gasteiger partial charge >= 0.3 is 0 Å². The van der Waals surface area contributed by atoms with Crippen LogP contribution in [0.3, 0.4) is 0 Å². The van der Waals surface area contributed by atoms with Gasteiger partial charge in [-0.15, -0.1) is 0 Å². The third-order valence-corrected chi connectivity index (χ3v) is 4.59. The first-order valence-electron chi connectivity index (χ1n) is 8.62. The van der Waals surface area contributed by atoms with E-state index >= 15 is 0 Å². The fourth-order valence-corrected chi connectivity index (χ4v) is 3.20. The molecule has 1 saturated heterocycles. The van der Waals surface area contributed by atoms with Crippen LogP contribution in [-0.2, 0) is 4.79 Å². The van der Waals surface area contributed by atoms with Gasteiger partial charge in [0.15, 0.2) is 0 Å². The number of piperazine rings is 1. The molecule has 1 aliphatic rings. The van der Waals surface area contributed by atoms with Crippen molar-refractivity contribution < 1.29 is 9.18 Å². The third kappa shape index (κ3) is 4.37. The van der Waals surface area contributed by atoms with Crippen molar-refractivity contribution in [3.8, 4) is 0 Å². The number of nitrogens with zero attached hydrogens (tertiary/aromatic N) is 2. The van der Waals surface area contributed by atoms with Crippen LogP contribution in [0.1, 0.15) is 11.1 Å². The van der Waals surface area contributed by atoms with E-state index in [9.17, 15) is 9.18 Å². The highest BCUT2D eigenvalue weighted by molar-refractivity contribution is 5.93. The van der Waals surface area contributed by atoms with Gasteiger partial charge in [0, 0.05) is 31.9 Å². The average Bonchev–Trinajstić information content (AvgIpc) is 2.59. The third-order valence-electron chi connectivity index (χ3n) is 4.59. The molecule has 0 saturated carbocycles. The van der Waals surface area contributed by atoms with Gasteiger partial charge in [-0.25, -0.2) is 4.39 Å². The van der Waals surface area contributed by atoms with Crippen molar-refractivity contribution in [2.24, 2.45) is 0 Å². The highest BCUT2D eigenvalue weighted by Gasteiger charge is 2.21. The number of nitrogens with one attached hydrogen (secondary N) is 1. The van der Waals surface area contributed by atoms with Gasteiger partial charge in [-0.3, -0.25) is 9.69 Å². The van der Waals surface area contributed by atoms with E-state index in [1.54, 1.807) is 12.1 Å². The first-order valence-corrected chi connectivity index (χ1v) is 8.62.